The van der Waals surface area contributed by atoms with Crippen LogP contribution in [-0.4, -0.2) is 22.9 Å². The van der Waals surface area contributed by atoms with Gasteiger partial charge in [0.15, 0.2) is 0 Å². The zero-order valence-corrected chi connectivity index (χ0v) is 9.00. The molecule has 1 aromatic carbocycles. The molecule has 80 valence electrons. The van der Waals surface area contributed by atoms with Crippen LogP contribution in [-0.2, 0) is 16.1 Å². The first-order chi connectivity index (χ1) is 7.29. The molecule has 0 saturated carbocycles. The molecule has 2 rings (SSSR count). The van der Waals surface area contributed by atoms with Crippen LogP contribution >= 0.6 is 11.8 Å². The minimum Gasteiger partial charge on any atom is -0.465 e. The number of thioether (sulfide) groups is 1. The average Bonchev–Trinajstić information content (AvgIpc) is 2.65. The molecule has 3 nitrogen and oxygen atoms in total. The zero-order chi connectivity index (χ0) is 10.7. The van der Waals surface area contributed by atoms with Gasteiger partial charge in [0.2, 0.25) is 0 Å². The van der Waals surface area contributed by atoms with Gasteiger partial charge in [-0.3, -0.25) is 4.79 Å². The highest BCUT2D eigenvalue weighted by Gasteiger charge is 2.27. The lowest BCUT2D eigenvalue weighted by molar-refractivity contribution is -0.137. The summed E-state index contributed by atoms with van der Waals surface area (Å²) in [6, 6.07) is 7.58. The average molecular weight is 224 g/mol. The van der Waals surface area contributed by atoms with Gasteiger partial charge in [-0.05, 0) is 17.7 Å². The lowest BCUT2D eigenvalue weighted by Crippen LogP contribution is -2.09. The summed E-state index contributed by atoms with van der Waals surface area (Å²) in [5, 5.41) is 8.89. The van der Waals surface area contributed by atoms with Gasteiger partial charge in [0.05, 0.1) is 13.2 Å². The fourth-order valence-corrected chi connectivity index (χ4v) is 2.55. The Kier molecular flexibility index (Phi) is 3.28. The van der Waals surface area contributed by atoms with Gasteiger partial charge in [0.1, 0.15) is 5.25 Å². The van der Waals surface area contributed by atoms with Gasteiger partial charge in [-0.2, -0.15) is 0 Å². The van der Waals surface area contributed by atoms with Gasteiger partial charge in [-0.1, -0.05) is 12.1 Å². The van der Waals surface area contributed by atoms with Crippen molar-refractivity contribution in [3.05, 3.63) is 29.8 Å². The molecular weight excluding hydrogens is 212 g/mol. The molecule has 0 aliphatic carbocycles. The fraction of sp³-hybridized carbons (Fsp3) is 0.364. The first kappa shape index (κ1) is 10.5. The molecule has 0 radical (unpaired) electrons. The molecule has 0 bridgehead atoms. The smallest absolute Gasteiger partial charge is 0.319 e. The Balaban J connectivity index is 2.06. The van der Waals surface area contributed by atoms with Crippen molar-refractivity contribution >= 4 is 17.7 Å². The summed E-state index contributed by atoms with van der Waals surface area (Å²) in [6.45, 7) is 0.555. The summed E-state index contributed by atoms with van der Waals surface area (Å²) in [5.74, 6) is -0.130. The van der Waals surface area contributed by atoms with E-state index < -0.39 is 0 Å². The Morgan fingerprint density at radius 3 is 3.07 bits per heavy atom. The lowest BCUT2D eigenvalue weighted by Gasteiger charge is -2.06. The van der Waals surface area contributed by atoms with E-state index in [1.165, 1.54) is 11.8 Å². The fourth-order valence-electron chi connectivity index (χ4n) is 1.47. The molecule has 1 aliphatic heterocycles. The van der Waals surface area contributed by atoms with Crippen LogP contribution in [0.1, 0.15) is 12.0 Å². The number of esters is 1. The Labute approximate surface area is 92.4 Å². The maximum Gasteiger partial charge on any atom is 0.319 e. The van der Waals surface area contributed by atoms with Crippen LogP contribution in [0.25, 0.3) is 0 Å². The third kappa shape index (κ3) is 2.52. The van der Waals surface area contributed by atoms with Crippen LogP contribution in [0.15, 0.2) is 29.2 Å². The number of aliphatic hydroxyl groups excluding tert-OH is 1. The lowest BCUT2D eigenvalue weighted by atomic mass is 10.2. The number of rotatable bonds is 3. The molecule has 4 heteroatoms. The molecule has 1 aromatic rings. The van der Waals surface area contributed by atoms with E-state index in [1.54, 1.807) is 0 Å². The van der Waals surface area contributed by atoms with E-state index in [4.69, 9.17) is 9.84 Å². The Bertz CT molecular complexity index is 365. The number of hydrogen-bond acceptors (Lipinski definition) is 4. The Morgan fingerprint density at radius 1 is 1.53 bits per heavy atom. The van der Waals surface area contributed by atoms with Gasteiger partial charge >= 0.3 is 5.97 Å². The van der Waals surface area contributed by atoms with E-state index in [0.29, 0.717) is 6.61 Å². The van der Waals surface area contributed by atoms with E-state index in [9.17, 15) is 4.79 Å². The van der Waals surface area contributed by atoms with Crippen molar-refractivity contribution in [1.29, 1.82) is 0 Å². The molecule has 1 N–H and O–H groups in total. The molecule has 15 heavy (non-hydrogen) atoms. The molecule has 1 unspecified atom stereocenters. The first-order valence-corrected chi connectivity index (χ1v) is 5.70. The van der Waals surface area contributed by atoms with Gasteiger partial charge in [-0.25, -0.2) is 0 Å². The van der Waals surface area contributed by atoms with Crippen molar-refractivity contribution in [1.82, 2.24) is 0 Å². The molecular formula is C11H12O3S. The molecule has 0 amide bonds. The SMILES string of the molecule is O=C1OCCC1Sc1cccc(CO)c1. The van der Waals surface area contributed by atoms with Crippen molar-refractivity contribution < 1.29 is 14.6 Å². The van der Waals surface area contributed by atoms with Gasteiger partial charge in [-0.15, -0.1) is 11.8 Å². The van der Waals surface area contributed by atoms with Crippen LogP contribution < -0.4 is 0 Å². The molecule has 0 aromatic heterocycles. The summed E-state index contributed by atoms with van der Waals surface area (Å²) >= 11 is 1.50. The van der Waals surface area contributed by atoms with Gasteiger partial charge in [0, 0.05) is 11.3 Å². The maximum atomic E-state index is 11.2. The summed E-state index contributed by atoms with van der Waals surface area (Å²) in [5.41, 5.74) is 0.867. The number of aliphatic hydroxyl groups is 1. The highest BCUT2D eigenvalue weighted by atomic mass is 32.2. The van der Waals surface area contributed by atoms with Crippen molar-refractivity contribution in [3.8, 4) is 0 Å². The minimum atomic E-state index is -0.130. The largest absolute Gasteiger partial charge is 0.465 e. The van der Waals surface area contributed by atoms with Crippen LogP contribution in [0.4, 0.5) is 0 Å². The normalized spacial score (nSPS) is 20.3. The van der Waals surface area contributed by atoms with Crippen molar-refractivity contribution in [2.24, 2.45) is 0 Å². The maximum absolute atomic E-state index is 11.2. The monoisotopic (exact) mass is 224 g/mol. The number of ether oxygens (including phenoxy) is 1. The summed E-state index contributed by atoms with van der Waals surface area (Å²) < 4.78 is 4.89. The van der Waals surface area contributed by atoms with Crippen molar-refractivity contribution in [2.75, 3.05) is 6.61 Å². The molecule has 1 saturated heterocycles. The van der Waals surface area contributed by atoms with Crippen molar-refractivity contribution in [3.63, 3.8) is 0 Å². The minimum absolute atomic E-state index is 0.0313. The first-order valence-electron chi connectivity index (χ1n) is 4.82. The highest BCUT2D eigenvalue weighted by molar-refractivity contribution is 8.00. The Hall–Kier alpha value is -1.00. The molecule has 1 aliphatic rings. The molecule has 1 atom stereocenters. The number of cyclic esters (lactones) is 1. The molecule has 1 heterocycles. The predicted octanol–water partition coefficient (Wildman–Crippen LogP) is 1.59. The number of benzene rings is 1. The van der Waals surface area contributed by atoms with Crippen LogP contribution in [0, 0.1) is 0 Å². The van der Waals surface area contributed by atoms with E-state index in [-0.39, 0.29) is 17.8 Å². The van der Waals surface area contributed by atoms with E-state index in [2.05, 4.69) is 0 Å². The highest BCUT2D eigenvalue weighted by Crippen LogP contribution is 2.29. The van der Waals surface area contributed by atoms with Crippen LogP contribution in [0.3, 0.4) is 0 Å². The molecule has 0 spiro atoms. The summed E-state index contributed by atoms with van der Waals surface area (Å²) in [4.78, 5) is 12.2. The Morgan fingerprint density at radius 2 is 2.40 bits per heavy atom. The number of hydrogen-bond donors (Lipinski definition) is 1. The van der Waals surface area contributed by atoms with Gasteiger partial charge < -0.3 is 9.84 Å². The standard InChI is InChI=1S/C11H12O3S/c12-7-8-2-1-3-9(6-8)15-10-4-5-14-11(10)13/h1-3,6,10,12H,4-5,7H2. The van der Waals surface area contributed by atoms with E-state index in [1.807, 2.05) is 24.3 Å². The summed E-state index contributed by atoms with van der Waals surface area (Å²) in [6.07, 6.45) is 0.771. The van der Waals surface area contributed by atoms with Crippen molar-refractivity contribution in [2.45, 2.75) is 23.2 Å². The quantitative estimate of drug-likeness (QED) is 0.792. The van der Waals surface area contributed by atoms with Gasteiger partial charge in [0.25, 0.3) is 0 Å². The topological polar surface area (TPSA) is 46.5 Å². The third-order valence-electron chi connectivity index (χ3n) is 2.25. The number of carbonyl (C=O) groups excluding carboxylic acids is 1. The van der Waals surface area contributed by atoms with Crippen LogP contribution in [0.5, 0.6) is 0 Å². The molecule has 1 fully saturated rings. The second-order valence-corrected chi connectivity index (χ2v) is 4.64. The second kappa shape index (κ2) is 4.68. The zero-order valence-electron chi connectivity index (χ0n) is 8.18. The van der Waals surface area contributed by atoms with E-state index in [0.717, 1.165) is 16.9 Å². The number of carbonyl (C=O) groups is 1. The second-order valence-electron chi connectivity index (χ2n) is 3.37. The van der Waals surface area contributed by atoms with E-state index >= 15 is 0 Å². The van der Waals surface area contributed by atoms with Crippen LogP contribution in [0.2, 0.25) is 0 Å². The third-order valence-corrected chi connectivity index (χ3v) is 3.49. The predicted molar refractivity (Wildman–Crippen MR) is 57.6 cm³/mol. The summed E-state index contributed by atoms with van der Waals surface area (Å²) in [7, 11) is 0.